The van der Waals surface area contributed by atoms with Gasteiger partial charge in [-0.2, -0.15) is 0 Å². The molecular formula is C16H18Cl2N2. The Morgan fingerprint density at radius 3 is 2.55 bits per heavy atom. The molecule has 106 valence electrons. The molecular weight excluding hydrogens is 291 g/mol. The Labute approximate surface area is 130 Å². The molecule has 0 bridgehead atoms. The molecule has 2 atom stereocenters. The van der Waals surface area contributed by atoms with Crippen molar-refractivity contribution in [2.75, 3.05) is 0 Å². The maximum absolute atomic E-state index is 6.10. The molecule has 0 fully saturated rings. The Balaban J connectivity index is 2.14. The molecule has 0 amide bonds. The highest BCUT2D eigenvalue weighted by Gasteiger charge is 2.14. The summed E-state index contributed by atoms with van der Waals surface area (Å²) in [5, 5.41) is 4.79. The molecule has 0 saturated carbocycles. The number of rotatable bonds is 5. The predicted octanol–water partition coefficient (Wildman–Crippen LogP) is 5.19. The largest absolute Gasteiger partial charge is 0.303 e. The van der Waals surface area contributed by atoms with E-state index >= 15 is 0 Å². The fraction of sp³-hybridized carbons (Fsp3) is 0.312. The van der Waals surface area contributed by atoms with Crippen molar-refractivity contribution in [2.45, 2.75) is 32.4 Å². The topological polar surface area (TPSA) is 24.9 Å². The minimum atomic E-state index is 0.225. The summed E-state index contributed by atoms with van der Waals surface area (Å²) in [6.07, 6.45) is 4.65. The average Bonchev–Trinajstić information content (AvgIpc) is 2.48. The monoisotopic (exact) mass is 308 g/mol. The molecule has 4 heteroatoms. The predicted molar refractivity (Wildman–Crippen MR) is 85.3 cm³/mol. The zero-order valence-corrected chi connectivity index (χ0v) is 13.1. The number of benzene rings is 1. The van der Waals surface area contributed by atoms with Crippen molar-refractivity contribution >= 4 is 23.2 Å². The Bertz CT molecular complexity index is 558. The molecule has 1 unspecified atom stereocenters. The first kappa shape index (κ1) is 15.3. The minimum absolute atomic E-state index is 0.225. The van der Waals surface area contributed by atoms with Crippen LogP contribution in [0.5, 0.6) is 0 Å². The van der Waals surface area contributed by atoms with Gasteiger partial charge >= 0.3 is 0 Å². The molecule has 0 radical (unpaired) electrons. The lowest BCUT2D eigenvalue weighted by Crippen LogP contribution is -2.24. The number of nitrogens with one attached hydrogen (secondary N) is 1. The molecule has 2 aromatic rings. The number of aromatic nitrogens is 1. The van der Waals surface area contributed by atoms with E-state index in [9.17, 15) is 0 Å². The van der Waals surface area contributed by atoms with Crippen molar-refractivity contribution in [3.05, 3.63) is 63.9 Å². The molecule has 0 aliphatic rings. The summed E-state index contributed by atoms with van der Waals surface area (Å²) in [5.74, 6) is 0. The van der Waals surface area contributed by atoms with Crippen molar-refractivity contribution in [3.63, 3.8) is 0 Å². The fourth-order valence-corrected chi connectivity index (χ4v) is 2.52. The van der Waals surface area contributed by atoms with Crippen molar-refractivity contribution in [1.29, 1.82) is 0 Å². The Hall–Kier alpha value is -1.09. The number of pyridine rings is 1. The summed E-state index contributed by atoms with van der Waals surface area (Å²) in [6, 6.07) is 10.3. The SMILES string of the molecule is CCC(N[C@@H](C)c1cccnc1)c1ccc(Cl)c(Cl)c1. The normalized spacial score (nSPS) is 14.0. The number of hydrogen-bond acceptors (Lipinski definition) is 2. The molecule has 0 aliphatic carbocycles. The van der Waals surface area contributed by atoms with Gasteiger partial charge in [0.05, 0.1) is 10.0 Å². The summed E-state index contributed by atoms with van der Waals surface area (Å²) in [4.78, 5) is 4.16. The lowest BCUT2D eigenvalue weighted by molar-refractivity contribution is 0.456. The number of halogens is 2. The second-order valence-corrected chi connectivity index (χ2v) is 5.62. The Morgan fingerprint density at radius 2 is 1.95 bits per heavy atom. The molecule has 1 aromatic carbocycles. The van der Waals surface area contributed by atoms with Gasteiger partial charge in [0, 0.05) is 24.5 Å². The quantitative estimate of drug-likeness (QED) is 0.822. The van der Waals surface area contributed by atoms with E-state index in [2.05, 4.69) is 30.2 Å². The first-order valence-corrected chi connectivity index (χ1v) is 7.48. The van der Waals surface area contributed by atoms with Crippen LogP contribution in [0.25, 0.3) is 0 Å². The summed E-state index contributed by atoms with van der Waals surface area (Å²) in [5.41, 5.74) is 2.32. The Morgan fingerprint density at radius 1 is 1.15 bits per heavy atom. The Kier molecular flexibility index (Phi) is 5.41. The summed E-state index contributed by atoms with van der Waals surface area (Å²) in [7, 11) is 0. The van der Waals surface area contributed by atoms with Gasteiger partial charge in [-0.3, -0.25) is 4.98 Å². The smallest absolute Gasteiger partial charge is 0.0595 e. The molecule has 20 heavy (non-hydrogen) atoms. The summed E-state index contributed by atoms with van der Waals surface area (Å²) in [6.45, 7) is 4.29. The van der Waals surface area contributed by atoms with Crippen molar-refractivity contribution in [3.8, 4) is 0 Å². The highest BCUT2D eigenvalue weighted by molar-refractivity contribution is 6.42. The average molecular weight is 309 g/mol. The van der Waals surface area contributed by atoms with Gasteiger partial charge in [0.25, 0.3) is 0 Å². The van der Waals surface area contributed by atoms with E-state index in [1.807, 2.05) is 30.5 Å². The summed E-state index contributed by atoms with van der Waals surface area (Å²) >= 11 is 12.1. The zero-order valence-electron chi connectivity index (χ0n) is 11.6. The van der Waals surface area contributed by atoms with E-state index in [0.717, 1.165) is 12.0 Å². The fourth-order valence-electron chi connectivity index (χ4n) is 2.21. The molecule has 0 spiro atoms. The molecule has 1 heterocycles. The molecule has 2 nitrogen and oxygen atoms in total. The van der Waals surface area contributed by atoms with Crippen molar-refractivity contribution in [1.82, 2.24) is 10.3 Å². The van der Waals surface area contributed by atoms with Gasteiger partial charge in [-0.05, 0) is 42.7 Å². The van der Waals surface area contributed by atoms with Crippen LogP contribution in [0.4, 0.5) is 0 Å². The molecule has 1 N–H and O–H groups in total. The van der Waals surface area contributed by atoms with Crippen LogP contribution in [-0.2, 0) is 0 Å². The van der Waals surface area contributed by atoms with Gasteiger partial charge in [0.1, 0.15) is 0 Å². The zero-order chi connectivity index (χ0) is 14.5. The van der Waals surface area contributed by atoms with Crippen LogP contribution in [0, 0.1) is 0 Å². The van der Waals surface area contributed by atoms with Gasteiger partial charge in [-0.25, -0.2) is 0 Å². The molecule has 1 aromatic heterocycles. The first-order chi connectivity index (χ1) is 9.61. The standard InChI is InChI=1S/C16H18Cl2N2/c1-3-16(12-6-7-14(17)15(18)9-12)20-11(2)13-5-4-8-19-10-13/h4-11,16,20H,3H2,1-2H3/t11-,16?/m0/s1. The van der Waals surface area contributed by atoms with E-state index in [1.54, 1.807) is 6.20 Å². The van der Waals surface area contributed by atoms with Gasteiger partial charge in [-0.15, -0.1) is 0 Å². The summed E-state index contributed by atoms with van der Waals surface area (Å²) < 4.78 is 0. The van der Waals surface area contributed by atoms with Gasteiger partial charge in [0.15, 0.2) is 0 Å². The number of nitrogens with zero attached hydrogens (tertiary/aromatic N) is 1. The minimum Gasteiger partial charge on any atom is -0.303 e. The van der Waals surface area contributed by atoms with Crippen molar-refractivity contribution in [2.24, 2.45) is 0 Å². The van der Waals surface area contributed by atoms with Crippen LogP contribution in [-0.4, -0.2) is 4.98 Å². The first-order valence-electron chi connectivity index (χ1n) is 6.72. The third-order valence-electron chi connectivity index (χ3n) is 3.39. The third-order valence-corrected chi connectivity index (χ3v) is 4.13. The van der Waals surface area contributed by atoms with Crippen LogP contribution < -0.4 is 5.32 Å². The highest BCUT2D eigenvalue weighted by Crippen LogP contribution is 2.28. The van der Waals surface area contributed by atoms with Crippen LogP contribution in [0.1, 0.15) is 43.5 Å². The van der Waals surface area contributed by atoms with E-state index in [1.165, 1.54) is 5.56 Å². The molecule has 0 aliphatic heterocycles. The maximum Gasteiger partial charge on any atom is 0.0595 e. The lowest BCUT2D eigenvalue weighted by Gasteiger charge is -2.23. The van der Waals surface area contributed by atoms with Crippen LogP contribution >= 0.6 is 23.2 Å². The van der Waals surface area contributed by atoms with E-state index in [-0.39, 0.29) is 12.1 Å². The van der Waals surface area contributed by atoms with E-state index in [4.69, 9.17) is 23.2 Å². The van der Waals surface area contributed by atoms with Gasteiger partial charge in [-0.1, -0.05) is 42.3 Å². The van der Waals surface area contributed by atoms with E-state index in [0.29, 0.717) is 10.0 Å². The van der Waals surface area contributed by atoms with Crippen LogP contribution in [0.3, 0.4) is 0 Å². The number of hydrogen-bond donors (Lipinski definition) is 1. The third kappa shape index (κ3) is 3.72. The highest BCUT2D eigenvalue weighted by atomic mass is 35.5. The van der Waals surface area contributed by atoms with Crippen molar-refractivity contribution < 1.29 is 0 Å². The second-order valence-electron chi connectivity index (χ2n) is 4.81. The van der Waals surface area contributed by atoms with Crippen LogP contribution in [0.15, 0.2) is 42.7 Å². The van der Waals surface area contributed by atoms with E-state index < -0.39 is 0 Å². The molecule has 2 rings (SSSR count). The van der Waals surface area contributed by atoms with Gasteiger partial charge in [0.2, 0.25) is 0 Å². The van der Waals surface area contributed by atoms with Gasteiger partial charge < -0.3 is 5.32 Å². The molecule has 0 saturated heterocycles. The van der Waals surface area contributed by atoms with Crippen LogP contribution in [0.2, 0.25) is 10.0 Å². The lowest BCUT2D eigenvalue weighted by atomic mass is 10.0. The maximum atomic E-state index is 6.10. The second kappa shape index (κ2) is 7.07.